The first kappa shape index (κ1) is 12.5. The number of carbonyl (C=O) groups is 1. The summed E-state index contributed by atoms with van der Waals surface area (Å²) in [6, 6.07) is 0.379. The Labute approximate surface area is 121 Å². The van der Waals surface area contributed by atoms with E-state index in [0.29, 0.717) is 25.1 Å². The summed E-state index contributed by atoms with van der Waals surface area (Å²) in [4.78, 5) is 18.8. The Morgan fingerprint density at radius 2 is 2.20 bits per heavy atom. The van der Waals surface area contributed by atoms with Crippen LogP contribution in [0.15, 0.2) is 0 Å². The quantitative estimate of drug-likeness (QED) is 0.893. The summed E-state index contributed by atoms with van der Waals surface area (Å²) in [6.07, 6.45) is 4.25. The number of morpholine rings is 1. The Balaban J connectivity index is 1.40. The molecule has 1 N–H and O–H groups in total. The van der Waals surface area contributed by atoms with Crippen molar-refractivity contribution in [2.24, 2.45) is 0 Å². The molecule has 1 aromatic heterocycles. The van der Waals surface area contributed by atoms with E-state index in [9.17, 15) is 4.79 Å². The number of hydrogen-bond donors (Lipinski definition) is 1. The number of nitrogens with one attached hydrogen (secondary N) is 1. The van der Waals surface area contributed by atoms with Crippen molar-refractivity contribution < 1.29 is 9.53 Å². The fraction of sp³-hybridized carbons (Fsp3) is 0.769. The lowest BCUT2D eigenvalue weighted by Gasteiger charge is -2.31. The number of anilines is 1. The molecule has 1 aliphatic heterocycles. The van der Waals surface area contributed by atoms with Crippen LogP contribution in [0, 0.1) is 0 Å². The van der Waals surface area contributed by atoms with Crippen LogP contribution in [0.2, 0.25) is 0 Å². The molecule has 2 aliphatic carbocycles. The summed E-state index contributed by atoms with van der Waals surface area (Å²) in [7, 11) is 0. The lowest BCUT2D eigenvalue weighted by molar-refractivity contribution is -0.133. The highest BCUT2D eigenvalue weighted by atomic mass is 32.1. The van der Waals surface area contributed by atoms with Gasteiger partial charge in [-0.25, -0.2) is 4.98 Å². The van der Waals surface area contributed by atoms with Crippen molar-refractivity contribution in [2.75, 3.05) is 24.6 Å². The Morgan fingerprint density at radius 3 is 2.95 bits per heavy atom. The van der Waals surface area contributed by atoms with Gasteiger partial charge in [0.2, 0.25) is 5.13 Å². The van der Waals surface area contributed by atoms with Gasteiger partial charge in [0.1, 0.15) is 5.82 Å². The molecule has 1 atom stereocenters. The minimum atomic E-state index is -0.377. The maximum Gasteiger partial charge on any atom is 0.251 e. The third kappa shape index (κ3) is 2.64. The lowest BCUT2D eigenvalue weighted by atomic mass is 10.2. The van der Waals surface area contributed by atoms with E-state index in [1.54, 1.807) is 0 Å². The molecule has 7 heteroatoms. The van der Waals surface area contributed by atoms with Gasteiger partial charge in [-0.2, -0.15) is 4.37 Å². The second-order valence-electron chi connectivity index (χ2n) is 5.80. The smallest absolute Gasteiger partial charge is 0.251 e. The normalized spacial score (nSPS) is 26.6. The molecule has 6 nitrogen and oxygen atoms in total. The van der Waals surface area contributed by atoms with Crippen LogP contribution in [0.5, 0.6) is 0 Å². The van der Waals surface area contributed by atoms with Gasteiger partial charge in [0.15, 0.2) is 6.10 Å². The molecule has 20 heavy (non-hydrogen) atoms. The van der Waals surface area contributed by atoms with Gasteiger partial charge < -0.3 is 15.0 Å². The number of nitrogens with zero attached hydrogens (tertiary/aromatic N) is 3. The minimum absolute atomic E-state index is 0.0177. The summed E-state index contributed by atoms with van der Waals surface area (Å²) in [6.45, 7) is 1.94. The van der Waals surface area contributed by atoms with Gasteiger partial charge in [-0.3, -0.25) is 4.79 Å². The molecule has 0 aromatic carbocycles. The zero-order chi connectivity index (χ0) is 13.5. The first-order valence-electron chi connectivity index (χ1n) is 7.30. The molecule has 1 amide bonds. The van der Waals surface area contributed by atoms with E-state index in [0.717, 1.165) is 30.3 Å². The molecule has 1 unspecified atom stereocenters. The average molecular weight is 294 g/mol. The number of aromatic nitrogens is 2. The predicted molar refractivity (Wildman–Crippen MR) is 75.0 cm³/mol. The van der Waals surface area contributed by atoms with Gasteiger partial charge in [-0.1, -0.05) is 0 Å². The van der Waals surface area contributed by atoms with E-state index in [2.05, 4.69) is 19.6 Å². The largest absolute Gasteiger partial charge is 0.365 e. The molecule has 2 heterocycles. The third-order valence-corrected chi connectivity index (χ3v) is 4.72. The number of ether oxygens (including phenoxy) is 1. The molecule has 0 bridgehead atoms. The zero-order valence-corrected chi connectivity index (χ0v) is 12.1. The van der Waals surface area contributed by atoms with Crippen LogP contribution in [0.3, 0.4) is 0 Å². The molecule has 3 fully saturated rings. The fourth-order valence-corrected chi connectivity index (χ4v) is 3.15. The van der Waals surface area contributed by atoms with Gasteiger partial charge in [0, 0.05) is 30.0 Å². The van der Waals surface area contributed by atoms with Crippen molar-refractivity contribution in [3.05, 3.63) is 5.82 Å². The minimum Gasteiger partial charge on any atom is -0.365 e. The van der Waals surface area contributed by atoms with Crippen molar-refractivity contribution in [2.45, 2.75) is 43.7 Å². The van der Waals surface area contributed by atoms with Crippen LogP contribution < -0.4 is 10.2 Å². The van der Waals surface area contributed by atoms with E-state index in [-0.39, 0.29) is 12.0 Å². The van der Waals surface area contributed by atoms with Crippen LogP contribution in [0.25, 0.3) is 0 Å². The fourth-order valence-electron chi connectivity index (χ4n) is 2.37. The molecule has 3 aliphatic rings. The van der Waals surface area contributed by atoms with Gasteiger partial charge in [-0.15, -0.1) is 0 Å². The standard InChI is InChI=1S/C13H18N4O2S/c18-12(14-9-3-4-9)10-7-17(5-6-19-10)13-15-11(16-20-13)8-1-2-8/h8-10H,1-7H2,(H,14,18). The van der Waals surface area contributed by atoms with Crippen LogP contribution in [0.4, 0.5) is 5.13 Å². The first-order valence-corrected chi connectivity index (χ1v) is 8.07. The summed E-state index contributed by atoms with van der Waals surface area (Å²) < 4.78 is 10.0. The highest BCUT2D eigenvalue weighted by molar-refractivity contribution is 7.09. The Bertz CT molecular complexity index is 512. The number of hydrogen-bond acceptors (Lipinski definition) is 6. The molecular weight excluding hydrogens is 276 g/mol. The van der Waals surface area contributed by atoms with Gasteiger partial charge in [0.25, 0.3) is 5.91 Å². The molecule has 1 saturated heterocycles. The molecule has 108 valence electrons. The second kappa shape index (κ2) is 4.96. The van der Waals surface area contributed by atoms with Crippen molar-refractivity contribution >= 4 is 22.6 Å². The van der Waals surface area contributed by atoms with Gasteiger partial charge in [-0.05, 0) is 25.7 Å². The summed E-state index contributed by atoms with van der Waals surface area (Å²) in [5.74, 6) is 1.58. The van der Waals surface area contributed by atoms with Gasteiger partial charge in [0.05, 0.1) is 13.2 Å². The van der Waals surface area contributed by atoms with Crippen LogP contribution in [-0.2, 0) is 9.53 Å². The van der Waals surface area contributed by atoms with Crippen molar-refractivity contribution in [3.8, 4) is 0 Å². The zero-order valence-electron chi connectivity index (χ0n) is 11.2. The van der Waals surface area contributed by atoms with E-state index < -0.39 is 0 Å². The molecular formula is C13H18N4O2S. The average Bonchev–Trinajstić information content (AvgIpc) is 3.40. The van der Waals surface area contributed by atoms with Crippen molar-refractivity contribution in [1.29, 1.82) is 0 Å². The second-order valence-corrected chi connectivity index (χ2v) is 6.53. The first-order chi connectivity index (χ1) is 9.79. The summed E-state index contributed by atoms with van der Waals surface area (Å²) in [5.41, 5.74) is 0. The highest BCUT2D eigenvalue weighted by Crippen LogP contribution is 2.39. The van der Waals surface area contributed by atoms with E-state index in [1.807, 2.05) is 0 Å². The number of amides is 1. The number of rotatable bonds is 4. The molecule has 4 rings (SSSR count). The molecule has 1 aromatic rings. The van der Waals surface area contributed by atoms with Crippen LogP contribution in [-0.4, -0.2) is 47.1 Å². The topological polar surface area (TPSA) is 67.4 Å². The highest BCUT2D eigenvalue weighted by Gasteiger charge is 2.33. The van der Waals surface area contributed by atoms with Gasteiger partial charge >= 0.3 is 0 Å². The van der Waals surface area contributed by atoms with E-state index in [1.165, 1.54) is 24.4 Å². The maximum atomic E-state index is 12.1. The Hall–Kier alpha value is -1.21. The lowest BCUT2D eigenvalue weighted by Crippen LogP contribution is -2.50. The Morgan fingerprint density at radius 1 is 1.35 bits per heavy atom. The summed E-state index contributed by atoms with van der Waals surface area (Å²) in [5, 5.41) is 3.94. The molecule has 0 spiro atoms. The van der Waals surface area contributed by atoms with E-state index >= 15 is 0 Å². The predicted octanol–water partition coefficient (Wildman–Crippen LogP) is 0.899. The van der Waals surface area contributed by atoms with Crippen molar-refractivity contribution in [1.82, 2.24) is 14.7 Å². The SMILES string of the molecule is O=C(NC1CC1)C1CN(c2nc(C3CC3)ns2)CCO1. The van der Waals surface area contributed by atoms with E-state index in [4.69, 9.17) is 4.74 Å². The van der Waals surface area contributed by atoms with Crippen LogP contribution in [0.1, 0.15) is 37.4 Å². The monoisotopic (exact) mass is 294 g/mol. The third-order valence-electron chi connectivity index (χ3n) is 3.93. The molecule has 0 radical (unpaired) electrons. The van der Waals surface area contributed by atoms with Crippen molar-refractivity contribution in [3.63, 3.8) is 0 Å². The number of carbonyl (C=O) groups excluding carboxylic acids is 1. The van der Waals surface area contributed by atoms with Crippen LogP contribution >= 0.6 is 11.5 Å². The summed E-state index contributed by atoms with van der Waals surface area (Å²) >= 11 is 1.44. The Kier molecular flexibility index (Phi) is 3.11. The molecule has 2 saturated carbocycles. The maximum absolute atomic E-state index is 12.1.